The van der Waals surface area contributed by atoms with Crippen molar-refractivity contribution in [2.45, 2.75) is 11.8 Å². The lowest BCUT2D eigenvalue weighted by Gasteiger charge is -2.19. The maximum absolute atomic E-state index is 13.8. The Morgan fingerprint density at radius 2 is 2.17 bits per heavy atom. The maximum atomic E-state index is 13.8. The summed E-state index contributed by atoms with van der Waals surface area (Å²) in [6, 6.07) is 2.17. The normalized spacial score (nSPS) is 19.4. The van der Waals surface area contributed by atoms with Gasteiger partial charge in [-0.2, -0.15) is 0 Å². The first-order valence-corrected chi connectivity index (χ1v) is 5.89. The van der Waals surface area contributed by atoms with E-state index in [9.17, 15) is 14.0 Å². The molecule has 1 aliphatic heterocycles. The number of nitrogens with zero attached hydrogens (tertiary/aromatic N) is 1. The third-order valence-electron chi connectivity index (χ3n) is 2.64. The fraction of sp³-hybridized carbons (Fsp3) is 0.273. The maximum Gasteiger partial charge on any atom is 0.339 e. The van der Waals surface area contributed by atoms with Crippen LogP contribution in [0.5, 0.6) is 0 Å². The number of aromatic carboxylic acids is 1. The number of hydrogen-bond donors (Lipinski definition) is 1. The molecule has 0 spiro atoms. The van der Waals surface area contributed by atoms with Crippen molar-refractivity contribution in [2.75, 3.05) is 11.4 Å². The van der Waals surface area contributed by atoms with Crippen LogP contribution in [0.1, 0.15) is 16.8 Å². The molecule has 1 heterocycles. The Bertz CT molecular complexity index is 535. The first kappa shape index (κ1) is 13.1. The molecule has 1 amide bonds. The van der Waals surface area contributed by atoms with Crippen molar-refractivity contribution < 1.29 is 19.1 Å². The summed E-state index contributed by atoms with van der Waals surface area (Å²) in [4.78, 5) is 23.8. The van der Waals surface area contributed by atoms with Crippen LogP contribution >= 0.6 is 23.2 Å². The number of carboxylic acids is 1. The van der Waals surface area contributed by atoms with Gasteiger partial charge in [0.2, 0.25) is 5.91 Å². The highest BCUT2D eigenvalue weighted by Crippen LogP contribution is 2.34. The number of benzene rings is 1. The monoisotopic (exact) mass is 291 g/mol. The van der Waals surface area contributed by atoms with Gasteiger partial charge in [0, 0.05) is 13.0 Å². The van der Waals surface area contributed by atoms with Gasteiger partial charge in [-0.1, -0.05) is 11.6 Å². The van der Waals surface area contributed by atoms with E-state index in [4.69, 9.17) is 28.3 Å². The summed E-state index contributed by atoms with van der Waals surface area (Å²) in [5, 5.41) is 8.48. The van der Waals surface area contributed by atoms with E-state index in [-0.39, 0.29) is 23.7 Å². The first-order chi connectivity index (χ1) is 8.41. The molecule has 0 bridgehead atoms. The standard InChI is InChI=1S/C11H8Cl2FNO3/c12-5-3-8(16)15(4-5)10-7(14)2-1-6(13)9(10)11(17)18/h1-2,5H,3-4H2,(H,17,18). The first-order valence-electron chi connectivity index (χ1n) is 5.07. The van der Waals surface area contributed by atoms with E-state index < -0.39 is 28.6 Å². The third kappa shape index (κ3) is 2.15. The quantitative estimate of drug-likeness (QED) is 0.852. The summed E-state index contributed by atoms with van der Waals surface area (Å²) in [5.74, 6) is -2.62. The SMILES string of the molecule is O=C(O)c1c(Cl)ccc(F)c1N1CC(Cl)CC1=O. The molecule has 1 fully saturated rings. The second kappa shape index (κ2) is 4.74. The molecule has 0 aromatic heterocycles. The van der Waals surface area contributed by atoms with Crippen molar-refractivity contribution in [1.82, 2.24) is 0 Å². The van der Waals surface area contributed by atoms with Crippen molar-refractivity contribution >= 4 is 40.8 Å². The van der Waals surface area contributed by atoms with E-state index in [1.54, 1.807) is 0 Å². The average molecular weight is 292 g/mol. The number of carboxylic acid groups (broad SMARTS) is 1. The number of hydrogen-bond acceptors (Lipinski definition) is 2. The summed E-state index contributed by atoms with van der Waals surface area (Å²) in [7, 11) is 0. The molecule has 1 saturated heterocycles. The van der Waals surface area contributed by atoms with Crippen molar-refractivity contribution in [1.29, 1.82) is 0 Å². The van der Waals surface area contributed by atoms with Crippen molar-refractivity contribution in [2.24, 2.45) is 0 Å². The van der Waals surface area contributed by atoms with E-state index >= 15 is 0 Å². The molecule has 1 aromatic carbocycles. The van der Waals surface area contributed by atoms with E-state index in [1.807, 2.05) is 0 Å². The number of halogens is 3. The smallest absolute Gasteiger partial charge is 0.339 e. The Kier molecular flexibility index (Phi) is 3.45. The molecule has 4 nitrogen and oxygen atoms in total. The van der Waals surface area contributed by atoms with Gasteiger partial charge in [-0.3, -0.25) is 4.79 Å². The number of amides is 1. The van der Waals surface area contributed by atoms with Gasteiger partial charge >= 0.3 is 5.97 Å². The molecule has 1 aliphatic rings. The molecule has 1 atom stereocenters. The molecule has 2 rings (SSSR count). The van der Waals surface area contributed by atoms with Gasteiger partial charge < -0.3 is 10.0 Å². The zero-order valence-electron chi connectivity index (χ0n) is 8.99. The van der Waals surface area contributed by atoms with Crippen LogP contribution in [-0.2, 0) is 4.79 Å². The summed E-state index contributed by atoms with van der Waals surface area (Å²) in [6.45, 7) is 0.0674. The number of carbonyl (C=O) groups excluding carboxylic acids is 1. The zero-order chi connectivity index (χ0) is 13.4. The minimum atomic E-state index is -1.39. The second-order valence-corrected chi connectivity index (χ2v) is 4.89. The molecule has 0 radical (unpaired) electrons. The Morgan fingerprint density at radius 3 is 2.67 bits per heavy atom. The largest absolute Gasteiger partial charge is 0.478 e. The molecular formula is C11H8Cl2FNO3. The third-order valence-corrected chi connectivity index (χ3v) is 3.25. The molecule has 96 valence electrons. The van der Waals surface area contributed by atoms with E-state index in [1.165, 1.54) is 0 Å². The highest BCUT2D eigenvalue weighted by atomic mass is 35.5. The predicted octanol–water partition coefficient (Wildman–Crippen LogP) is 2.52. The molecule has 1 aromatic rings. The van der Waals surface area contributed by atoms with Crippen LogP contribution in [0.4, 0.5) is 10.1 Å². The summed E-state index contributed by atoms with van der Waals surface area (Å²) < 4.78 is 13.8. The van der Waals surface area contributed by atoms with Gasteiger partial charge in [0.25, 0.3) is 0 Å². The van der Waals surface area contributed by atoms with Gasteiger partial charge in [0.15, 0.2) is 0 Å². The van der Waals surface area contributed by atoms with E-state index in [2.05, 4.69) is 0 Å². The van der Waals surface area contributed by atoms with Gasteiger partial charge in [0.05, 0.1) is 16.1 Å². The minimum Gasteiger partial charge on any atom is -0.478 e. The van der Waals surface area contributed by atoms with Gasteiger partial charge in [-0.25, -0.2) is 9.18 Å². The minimum absolute atomic E-state index is 0.0482. The molecule has 7 heteroatoms. The van der Waals surface area contributed by atoms with E-state index in [0.717, 1.165) is 17.0 Å². The Balaban J connectivity index is 2.59. The molecule has 1 N–H and O–H groups in total. The number of alkyl halides is 1. The number of anilines is 1. The van der Waals surface area contributed by atoms with Crippen molar-refractivity contribution in [3.8, 4) is 0 Å². The topological polar surface area (TPSA) is 57.6 Å². The van der Waals surface area contributed by atoms with Crippen LogP contribution < -0.4 is 4.90 Å². The van der Waals surface area contributed by atoms with Gasteiger partial charge in [0.1, 0.15) is 11.4 Å². The van der Waals surface area contributed by atoms with Gasteiger partial charge in [-0.15, -0.1) is 11.6 Å². The Labute approximate surface area is 112 Å². The summed E-state index contributed by atoms with van der Waals surface area (Å²) in [6.07, 6.45) is 0.0482. The average Bonchev–Trinajstić information content (AvgIpc) is 2.60. The van der Waals surface area contributed by atoms with Crippen molar-refractivity contribution in [3.05, 3.63) is 28.5 Å². The fourth-order valence-electron chi connectivity index (χ4n) is 1.89. The Morgan fingerprint density at radius 1 is 1.50 bits per heavy atom. The predicted molar refractivity (Wildman–Crippen MR) is 65.0 cm³/mol. The van der Waals surface area contributed by atoms with Crippen LogP contribution in [0.2, 0.25) is 5.02 Å². The molecular weight excluding hydrogens is 284 g/mol. The van der Waals surface area contributed by atoms with E-state index in [0.29, 0.717) is 0 Å². The molecule has 0 saturated carbocycles. The second-order valence-electron chi connectivity index (χ2n) is 3.86. The zero-order valence-corrected chi connectivity index (χ0v) is 10.5. The van der Waals surface area contributed by atoms with Crippen LogP contribution in [0, 0.1) is 5.82 Å². The lowest BCUT2D eigenvalue weighted by Crippen LogP contribution is -2.28. The van der Waals surface area contributed by atoms with Crippen LogP contribution in [-0.4, -0.2) is 28.9 Å². The fourth-order valence-corrected chi connectivity index (χ4v) is 2.39. The van der Waals surface area contributed by atoms with Crippen molar-refractivity contribution in [3.63, 3.8) is 0 Å². The highest BCUT2D eigenvalue weighted by Gasteiger charge is 2.34. The van der Waals surface area contributed by atoms with Gasteiger partial charge in [-0.05, 0) is 12.1 Å². The molecule has 1 unspecified atom stereocenters. The molecule has 0 aliphatic carbocycles. The molecule has 18 heavy (non-hydrogen) atoms. The Hall–Kier alpha value is -1.33. The number of rotatable bonds is 2. The number of carbonyl (C=O) groups is 2. The van der Waals surface area contributed by atoms with Crippen LogP contribution in [0.15, 0.2) is 12.1 Å². The van der Waals surface area contributed by atoms with Crippen LogP contribution in [0.3, 0.4) is 0 Å². The lowest BCUT2D eigenvalue weighted by molar-refractivity contribution is -0.117. The summed E-state index contributed by atoms with van der Waals surface area (Å²) in [5.41, 5.74) is -0.737. The lowest BCUT2D eigenvalue weighted by atomic mass is 10.1. The highest BCUT2D eigenvalue weighted by molar-refractivity contribution is 6.34. The van der Waals surface area contributed by atoms with Crippen LogP contribution in [0.25, 0.3) is 0 Å². The summed E-state index contributed by atoms with van der Waals surface area (Å²) >= 11 is 11.6.